The first-order valence-corrected chi connectivity index (χ1v) is 10.2. The highest BCUT2D eigenvalue weighted by atomic mass is 35.5. The van der Waals surface area contributed by atoms with E-state index in [1.807, 2.05) is 18.2 Å². The van der Waals surface area contributed by atoms with Gasteiger partial charge < -0.3 is 20.2 Å². The molecule has 3 rings (SSSR count). The predicted octanol–water partition coefficient (Wildman–Crippen LogP) is 2.76. The zero-order valence-electron chi connectivity index (χ0n) is 15.7. The van der Waals surface area contributed by atoms with Gasteiger partial charge in [-0.15, -0.1) is 0 Å². The Morgan fingerprint density at radius 1 is 1.31 bits per heavy atom. The molecule has 6 heteroatoms. The molecule has 2 N–H and O–H groups in total. The van der Waals surface area contributed by atoms with Gasteiger partial charge in [-0.25, -0.2) is 0 Å². The lowest BCUT2D eigenvalue weighted by Gasteiger charge is -2.23. The number of benzene rings is 1. The van der Waals surface area contributed by atoms with Crippen molar-refractivity contribution in [1.82, 2.24) is 15.1 Å². The van der Waals surface area contributed by atoms with Crippen LogP contribution in [-0.2, 0) is 0 Å². The highest BCUT2D eigenvalue weighted by molar-refractivity contribution is 6.31. The summed E-state index contributed by atoms with van der Waals surface area (Å²) in [5.41, 5.74) is 0.738. The van der Waals surface area contributed by atoms with Crippen molar-refractivity contribution in [3.8, 4) is 0 Å². The summed E-state index contributed by atoms with van der Waals surface area (Å²) in [7, 11) is 0. The molecule has 2 fully saturated rings. The van der Waals surface area contributed by atoms with Crippen LogP contribution < -0.4 is 5.32 Å². The van der Waals surface area contributed by atoms with Crippen LogP contribution in [0.1, 0.15) is 37.9 Å². The fourth-order valence-corrected chi connectivity index (χ4v) is 4.21. The monoisotopic (exact) mass is 378 g/mol. The summed E-state index contributed by atoms with van der Waals surface area (Å²) >= 11 is 6.18. The van der Waals surface area contributed by atoms with Gasteiger partial charge in [0, 0.05) is 36.8 Å². The van der Waals surface area contributed by atoms with Crippen LogP contribution in [0.3, 0.4) is 0 Å². The second-order valence-electron chi connectivity index (χ2n) is 7.34. The Bertz CT molecular complexity index is 603. The smallest absolute Gasteiger partial charge is 0.194 e. The minimum atomic E-state index is -0.680. The number of halogens is 1. The van der Waals surface area contributed by atoms with E-state index in [0.29, 0.717) is 17.5 Å². The van der Waals surface area contributed by atoms with Crippen LogP contribution in [0.15, 0.2) is 29.3 Å². The second-order valence-corrected chi connectivity index (χ2v) is 7.75. The zero-order chi connectivity index (χ0) is 18.4. The summed E-state index contributed by atoms with van der Waals surface area (Å²) in [5, 5.41) is 14.4. The standard InChI is InChI=1S/C20H31ClN4O/c1-2-22-20(23-13-19(26)17-7-3-4-8-18(17)21)25-12-9-16(15-25)14-24-10-5-6-11-24/h3-4,7-8,16,19,26H,2,5-6,9-15H2,1H3,(H,22,23). The van der Waals surface area contributed by atoms with Gasteiger partial charge in [0.15, 0.2) is 5.96 Å². The van der Waals surface area contributed by atoms with E-state index in [-0.39, 0.29) is 0 Å². The number of guanidine groups is 1. The van der Waals surface area contributed by atoms with Crippen LogP contribution in [0.5, 0.6) is 0 Å². The van der Waals surface area contributed by atoms with Gasteiger partial charge in [-0.2, -0.15) is 0 Å². The zero-order valence-corrected chi connectivity index (χ0v) is 16.5. The number of hydrogen-bond donors (Lipinski definition) is 2. The third-order valence-electron chi connectivity index (χ3n) is 5.31. The Morgan fingerprint density at radius 2 is 2.08 bits per heavy atom. The molecule has 0 radical (unpaired) electrons. The third kappa shape index (κ3) is 5.12. The first-order valence-electron chi connectivity index (χ1n) is 9.85. The fraction of sp³-hybridized carbons (Fsp3) is 0.650. The van der Waals surface area contributed by atoms with Gasteiger partial charge in [0.2, 0.25) is 0 Å². The maximum Gasteiger partial charge on any atom is 0.194 e. The Morgan fingerprint density at radius 3 is 2.81 bits per heavy atom. The van der Waals surface area contributed by atoms with Crippen LogP contribution in [0, 0.1) is 5.92 Å². The summed E-state index contributed by atoms with van der Waals surface area (Å²) in [6.07, 6.45) is 3.23. The second kappa shape index (κ2) is 9.58. The maximum atomic E-state index is 10.5. The van der Waals surface area contributed by atoms with E-state index in [4.69, 9.17) is 11.6 Å². The van der Waals surface area contributed by atoms with Crippen molar-refractivity contribution in [2.24, 2.45) is 10.9 Å². The molecule has 5 nitrogen and oxygen atoms in total. The average Bonchev–Trinajstić information content (AvgIpc) is 3.31. The van der Waals surface area contributed by atoms with Crippen LogP contribution in [-0.4, -0.2) is 66.7 Å². The fourth-order valence-electron chi connectivity index (χ4n) is 3.95. The summed E-state index contributed by atoms with van der Waals surface area (Å²) in [4.78, 5) is 9.62. The number of nitrogens with one attached hydrogen (secondary N) is 1. The van der Waals surface area contributed by atoms with Crippen molar-refractivity contribution in [3.05, 3.63) is 34.9 Å². The molecular weight excluding hydrogens is 348 g/mol. The maximum absolute atomic E-state index is 10.5. The van der Waals surface area contributed by atoms with Gasteiger partial charge in [-0.05, 0) is 51.3 Å². The number of aliphatic imine (C=N–C) groups is 1. The van der Waals surface area contributed by atoms with Gasteiger partial charge in [0.05, 0.1) is 6.54 Å². The van der Waals surface area contributed by atoms with E-state index in [0.717, 1.165) is 31.2 Å². The van der Waals surface area contributed by atoms with Crippen molar-refractivity contribution in [2.45, 2.75) is 32.3 Å². The van der Waals surface area contributed by atoms with Gasteiger partial charge in [-0.1, -0.05) is 29.8 Å². The number of aliphatic hydroxyl groups is 1. The molecule has 2 aliphatic heterocycles. The molecule has 0 bridgehead atoms. The minimum Gasteiger partial charge on any atom is -0.386 e. The summed E-state index contributed by atoms with van der Waals surface area (Å²) in [6.45, 7) is 9.03. The number of hydrogen-bond acceptors (Lipinski definition) is 3. The van der Waals surface area contributed by atoms with Crippen molar-refractivity contribution in [2.75, 3.05) is 45.8 Å². The molecule has 144 valence electrons. The summed E-state index contributed by atoms with van der Waals surface area (Å²) in [6, 6.07) is 7.43. The summed E-state index contributed by atoms with van der Waals surface area (Å²) < 4.78 is 0. The minimum absolute atomic E-state index is 0.319. The lowest BCUT2D eigenvalue weighted by Crippen LogP contribution is -2.41. The lowest BCUT2D eigenvalue weighted by molar-refractivity contribution is 0.186. The topological polar surface area (TPSA) is 51.1 Å². The van der Waals surface area contributed by atoms with E-state index in [1.165, 1.54) is 38.9 Å². The highest BCUT2D eigenvalue weighted by Gasteiger charge is 2.27. The molecule has 1 aromatic rings. The Kier molecular flexibility index (Phi) is 7.17. The Balaban J connectivity index is 1.57. The quantitative estimate of drug-likeness (QED) is 0.590. The third-order valence-corrected chi connectivity index (χ3v) is 5.66. The van der Waals surface area contributed by atoms with Crippen LogP contribution in [0.4, 0.5) is 0 Å². The number of rotatable bonds is 6. The molecule has 0 aromatic heterocycles. The Hall–Kier alpha value is -1.30. The van der Waals surface area contributed by atoms with E-state index in [1.54, 1.807) is 6.07 Å². The molecule has 2 heterocycles. The molecule has 2 aliphatic rings. The van der Waals surface area contributed by atoms with Crippen molar-refractivity contribution in [1.29, 1.82) is 0 Å². The number of nitrogens with zero attached hydrogens (tertiary/aromatic N) is 3. The van der Waals surface area contributed by atoms with Gasteiger partial charge in [-0.3, -0.25) is 4.99 Å². The molecule has 0 amide bonds. The Labute approximate surface area is 162 Å². The normalized spacial score (nSPS) is 22.8. The van der Waals surface area contributed by atoms with Crippen LogP contribution in [0.2, 0.25) is 5.02 Å². The first kappa shape index (κ1) is 19.5. The van der Waals surface area contributed by atoms with Crippen LogP contribution in [0.25, 0.3) is 0 Å². The molecule has 0 spiro atoms. The summed E-state index contributed by atoms with van der Waals surface area (Å²) in [5.74, 6) is 1.62. The van der Waals surface area contributed by atoms with Gasteiger partial charge >= 0.3 is 0 Å². The predicted molar refractivity (Wildman–Crippen MR) is 108 cm³/mol. The van der Waals surface area contributed by atoms with Crippen molar-refractivity contribution >= 4 is 17.6 Å². The molecule has 0 saturated carbocycles. The largest absolute Gasteiger partial charge is 0.386 e. The average molecular weight is 379 g/mol. The first-order chi connectivity index (χ1) is 12.7. The highest BCUT2D eigenvalue weighted by Crippen LogP contribution is 2.23. The van der Waals surface area contributed by atoms with E-state index >= 15 is 0 Å². The van der Waals surface area contributed by atoms with E-state index < -0.39 is 6.10 Å². The van der Waals surface area contributed by atoms with Crippen molar-refractivity contribution < 1.29 is 5.11 Å². The van der Waals surface area contributed by atoms with Gasteiger partial charge in [0.25, 0.3) is 0 Å². The molecule has 26 heavy (non-hydrogen) atoms. The van der Waals surface area contributed by atoms with E-state index in [2.05, 4.69) is 27.0 Å². The molecule has 1 aromatic carbocycles. The number of likely N-dealkylation sites (tertiary alicyclic amines) is 2. The molecule has 2 unspecified atom stereocenters. The molecular formula is C20H31ClN4O. The molecule has 2 saturated heterocycles. The van der Waals surface area contributed by atoms with E-state index in [9.17, 15) is 5.11 Å². The molecule has 0 aliphatic carbocycles. The van der Waals surface area contributed by atoms with Crippen LogP contribution >= 0.6 is 11.6 Å². The van der Waals surface area contributed by atoms with Gasteiger partial charge in [0.1, 0.15) is 6.10 Å². The number of aliphatic hydroxyl groups excluding tert-OH is 1. The molecule has 2 atom stereocenters. The SMILES string of the molecule is CCNC(=NCC(O)c1ccccc1Cl)N1CCC(CN2CCCC2)C1. The van der Waals surface area contributed by atoms with Crippen molar-refractivity contribution in [3.63, 3.8) is 0 Å². The lowest BCUT2D eigenvalue weighted by atomic mass is 10.1.